The van der Waals surface area contributed by atoms with Crippen molar-refractivity contribution < 1.29 is 17.9 Å². The van der Waals surface area contributed by atoms with Crippen molar-refractivity contribution in [2.75, 3.05) is 16.6 Å². The standard InChI is InChI=1S/C16H20N4O4S2/c1-5-9-24-12-8-6-7-11(10-12)20-26(22,23)15-19-18-14(25-15)17-13(21)16(2,3)4/h5-8,10,20H,1,9H2,2-4H3,(H,17,18,21). The van der Waals surface area contributed by atoms with Crippen LogP contribution in [0.4, 0.5) is 10.8 Å². The Hall–Kier alpha value is -2.46. The molecule has 0 aliphatic heterocycles. The number of carbonyl (C=O) groups is 1. The Balaban J connectivity index is 2.13. The first-order chi connectivity index (χ1) is 12.1. The summed E-state index contributed by atoms with van der Waals surface area (Å²) < 4.78 is 32.4. The maximum atomic E-state index is 12.5. The molecule has 26 heavy (non-hydrogen) atoms. The van der Waals surface area contributed by atoms with E-state index in [2.05, 4.69) is 26.8 Å². The molecule has 140 valence electrons. The molecule has 10 heteroatoms. The minimum atomic E-state index is -3.93. The van der Waals surface area contributed by atoms with E-state index in [1.807, 2.05) is 0 Å². The van der Waals surface area contributed by atoms with Gasteiger partial charge in [0.15, 0.2) is 0 Å². The summed E-state index contributed by atoms with van der Waals surface area (Å²) in [5, 5.41) is 10.0. The van der Waals surface area contributed by atoms with Gasteiger partial charge < -0.3 is 10.1 Å². The van der Waals surface area contributed by atoms with Gasteiger partial charge in [0.05, 0.1) is 5.69 Å². The predicted octanol–water partition coefficient (Wildman–Crippen LogP) is 2.89. The first kappa shape index (κ1) is 19.9. The Kier molecular flexibility index (Phi) is 5.98. The van der Waals surface area contributed by atoms with E-state index in [1.165, 1.54) is 0 Å². The van der Waals surface area contributed by atoms with Gasteiger partial charge in [0.1, 0.15) is 12.4 Å². The van der Waals surface area contributed by atoms with E-state index < -0.39 is 15.4 Å². The molecule has 2 aromatic rings. The molecule has 1 aromatic carbocycles. The Bertz CT molecular complexity index is 901. The zero-order chi connectivity index (χ0) is 19.4. The van der Waals surface area contributed by atoms with Crippen molar-refractivity contribution in [2.45, 2.75) is 25.1 Å². The first-order valence-corrected chi connectivity index (χ1v) is 9.93. The summed E-state index contributed by atoms with van der Waals surface area (Å²) >= 11 is 0.772. The van der Waals surface area contributed by atoms with Crippen molar-refractivity contribution in [1.82, 2.24) is 10.2 Å². The van der Waals surface area contributed by atoms with E-state index >= 15 is 0 Å². The molecule has 0 saturated carbocycles. The number of hydrogen-bond donors (Lipinski definition) is 2. The molecule has 2 rings (SSSR count). The van der Waals surface area contributed by atoms with Crippen LogP contribution in [0.3, 0.4) is 0 Å². The number of amides is 1. The summed E-state index contributed by atoms with van der Waals surface area (Å²) in [6.45, 7) is 9.08. The number of carbonyl (C=O) groups excluding carboxylic acids is 1. The van der Waals surface area contributed by atoms with Gasteiger partial charge in [0, 0.05) is 11.5 Å². The second-order valence-corrected chi connectivity index (χ2v) is 9.14. The molecule has 0 saturated heterocycles. The molecule has 8 nitrogen and oxygen atoms in total. The van der Waals surface area contributed by atoms with Gasteiger partial charge in [0.25, 0.3) is 14.4 Å². The van der Waals surface area contributed by atoms with Gasteiger partial charge in [-0.15, -0.1) is 10.2 Å². The van der Waals surface area contributed by atoms with E-state index in [-0.39, 0.29) is 15.4 Å². The predicted molar refractivity (Wildman–Crippen MR) is 101 cm³/mol. The third kappa shape index (κ3) is 5.27. The van der Waals surface area contributed by atoms with Gasteiger partial charge in [-0.05, 0) is 12.1 Å². The number of sulfonamides is 1. The lowest BCUT2D eigenvalue weighted by atomic mass is 9.96. The molecule has 0 unspecified atom stereocenters. The lowest BCUT2D eigenvalue weighted by Gasteiger charge is -2.15. The maximum absolute atomic E-state index is 12.5. The fourth-order valence-electron chi connectivity index (χ4n) is 1.66. The van der Waals surface area contributed by atoms with Crippen molar-refractivity contribution in [3.05, 3.63) is 36.9 Å². The van der Waals surface area contributed by atoms with Gasteiger partial charge in [-0.1, -0.05) is 50.8 Å². The zero-order valence-electron chi connectivity index (χ0n) is 14.6. The second-order valence-electron chi connectivity index (χ2n) is 6.31. The van der Waals surface area contributed by atoms with E-state index in [1.54, 1.807) is 51.1 Å². The summed E-state index contributed by atoms with van der Waals surface area (Å²) in [7, 11) is -3.93. The second kappa shape index (κ2) is 7.83. The van der Waals surface area contributed by atoms with Crippen molar-refractivity contribution in [3.63, 3.8) is 0 Å². The summed E-state index contributed by atoms with van der Waals surface area (Å²) in [6, 6.07) is 6.49. The summed E-state index contributed by atoms with van der Waals surface area (Å²) in [5.41, 5.74) is -0.309. The van der Waals surface area contributed by atoms with Crippen LogP contribution < -0.4 is 14.8 Å². The summed E-state index contributed by atoms with van der Waals surface area (Å²) in [5.74, 6) is 0.220. The molecule has 0 bridgehead atoms. The number of nitrogens with one attached hydrogen (secondary N) is 2. The Morgan fingerprint density at radius 3 is 2.73 bits per heavy atom. The van der Waals surface area contributed by atoms with Crippen molar-refractivity contribution >= 4 is 38.1 Å². The minimum absolute atomic E-state index is 0.119. The van der Waals surface area contributed by atoms with E-state index in [0.29, 0.717) is 18.0 Å². The number of nitrogens with zero attached hydrogens (tertiary/aromatic N) is 2. The molecular formula is C16H20N4O4S2. The van der Waals surface area contributed by atoms with Gasteiger partial charge >= 0.3 is 0 Å². The number of anilines is 2. The van der Waals surface area contributed by atoms with Gasteiger partial charge in [-0.3, -0.25) is 9.52 Å². The number of hydrogen-bond acceptors (Lipinski definition) is 7. The normalized spacial score (nSPS) is 11.7. The highest BCUT2D eigenvalue weighted by Gasteiger charge is 2.25. The molecule has 0 fully saturated rings. The van der Waals surface area contributed by atoms with Crippen LogP contribution in [0.1, 0.15) is 20.8 Å². The summed E-state index contributed by atoms with van der Waals surface area (Å²) in [4.78, 5) is 11.9. The fraction of sp³-hybridized carbons (Fsp3) is 0.312. The Morgan fingerprint density at radius 1 is 1.35 bits per heavy atom. The highest BCUT2D eigenvalue weighted by atomic mass is 32.2. The molecule has 0 spiro atoms. The van der Waals surface area contributed by atoms with Crippen molar-refractivity contribution in [1.29, 1.82) is 0 Å². The van der Waals surface area contributed by atoms with Crippen LogP contribution in [0.5, 0.6) is 5.75 Å². The lowest BCUT2D eigenvalue weighted by Crippen LogP contribution is -2.27. The monoisotopic (exact) mass is 396 g/mol. The van der Waals surface area contributed by atoms with E-state index in [9.17, 15) is 13.2 Å². The van der Waals surface area contributed by atoms with Crippen LogP contribution in [0.15, 0.2) is 41.3 Å². The molecule has 1 aromatic heterocycles. The Morgan fingerprint density at radius 2 is 2.08 bits per heavy atom. The van der Waals surface area contributed by atoms with E-state index in [0.717, 1.165) is 11.3 Å². The molecule has 1 heterocycles. The third-order valence-electron chi connectivity index (χ3n) is 2.99. The molecule has 1 amide bonds. The van der Waals surface area contributed by atoms with E-state index in [4.69, 9.17) is 4.74 Å². The molecule has 0 radical (unpaired) electrons. The first-order valence-electron chi connectivity index (χ1n) is 7.63. The van der Waals surface area contributed by atoms with Gasteiger partial charge in [-0.25, -0.2) is 0 Å². The van der Waals surface area contributed by atoms with Crippen LogP contribution >= 0.6 is 11.3 Å². The highest BCUT2D eigenvalue weighted by Crippen LogP contribution is 2.25. The largest absolute Gasteiger partial charge is 0.489 e. The number of benzene rings is 1. The molecule has 2 N–H and O–H groups in total. The van der Waals surface area contributed by atoms with Crippen LogP contribution in [0, 0.1) is 5.41 Å². The highest BCUT2D eigenvalue weighted by molar-refractivity contribution is 7.94. The summed E-state index contributed by atoms with van der Waals surface area (Å²) in [6.07, 6.45) is 1.59. The average Bonchev–Trinajstić information content (AvgIpc) is 3.01. The van der Waals surface area contributed by atoms with Crippen molar-refractivity contribution in [2.24, 2.45) is 5.41 Å². The lowest BCUT2D eigenvalue weighted by molar-refractivity contribution is -0.123. The molecular weight excluding hydrogens is 376 g/mol. The molecule has 0 aliphatic rings. The number of rotatable bonds is 7. The smallest absolute Gasteiger partial charge is 0.291 e. The average molecular weight is 396 g/mol. The fourth-order valence-corrected chi connectivity index (χ4v) is 3.60. The van der Waals surface area contributed by atoms with Crippen LogP contribution in [-0.2, 0) is 14.8 Å². The molecule has 0 atom stereocenters. The third-order valence-corrected chi connectivity index (χ3v) is 5.58. The van der Waals surface area contributed by atoms with Crippen LogP contribution in [0.25, 0.3) is 0 Å². The maximum Gasteiger partial charge on any atom is 0.291 e. The topological polar surface area (TPSA) is 110 Å². The van der Waals surface area contributed by atoms with Gasteiger partial charge in [-0.2, -0.15) is 8.42 Å². The molecule has 0 aliphatic carbocycles. The van der Waals surface area contributed by atoms with Crippen LogP contribution in [-0.4, -0.2) is 31.1 Å². The Labute approximate surface area is 156 Å². The number of ether oxygens (including phenoxy) is 1. The van der Waals surface area contributed by atoms with Crippen LogP contribution in [0.2, 0.25) is 0 Å². The van der Waals surface area contributed by atoms with Crippen molar-refractivity contribution in [3.8, 4) is 5.75 Å². The quantitative estimate of drug-likeness (QED) is 0.550. The zero-order valence-corrected chi connectivity index (χ0v) is 16.3. The SMILES string of the molecule is C=CCOc1cccc(NS(=O)(=O)c2nnc(NC(=O)C(C)(C)C)s2)c1. The minimum Gasteiger partial charge on any atom is -0.489 e. The van der Waals surface area contributed by atoms with Gasteiger partial charge in [0.2, 0.25) is 11.0 Å². The number of aromatic nitrogens is 2.